The molecule has 0 heterocycles. The molecular weight excluding hydrogens is 290 g/mol. The number of benzene rings is 1. The minimum Gasteiger partial charge on any atom is -0.480 e. The van der Waals surface area contributed by atoms with Gasteiger partial charge in [0.2, 0.25) is 10.0 Å². The molecule has 0 spiro atoms. The van der Waals surface area contributed by atoms with Gasteiger partial charge in [-0.15, -0.1) is 0 Å². The first kappa shape index (κ1) is 17.7. The predicted octanol–water partition coefficient (Wildman–Crippen LogP) is 2.37. The van der Waals surface area contributed by atoms with E-state index in [2.05, 4.69) is 4.72 Å². The van der Waals surface area contributed by atoms with E-state index in [1.165, 1.54) is 12.1 Å². The quantitative estimate of drug-likeness (QED) is 0.874. The minimum absolute atomic E-state index is 0.0717. The maximum Gasteiger partial charge on any atom is 0.322 e. The van der Waals surface area contributed by atoms with Gasteiger partial charge in [0.05, 0.1) is 4.90 Å². The zero-order chi connectivity index (χ0) is 16.4. The van der Waals surface area contributed by atoms with E-state index >= 15 is 0 Å². The van der Waals surface area contributed by atoms with Gasteiger partial charge in [0.15, 0.2) is 0 Å². The molecule has 2 N–H and O–H groups in total. The van der Waals surface area contributed by atoms with Crippen LogP contribution in [0.2, 0.25) is 0 Å². The number of hydrogen-bond donors (Lipinski definition) is 2. The fraction of sp³-hybridized carbons (Fsp3) is 0.533. The van der Waals surface area contributed by atoms with Crippen molar-refractivity contribution in [2.45, 2.75) is 51.0 Å². The lowest BCUT2D eigenvalue weighted by Gasteiger charge is -2.20. The average Bonchev–Trinajstić information content (AvgIpc) is 2.34. The van der Waals surface area contributed by atoms with Gasteiger partial charge < -0.3 is 5.11 Å². The maximum absolute atomic E-state index is 12.2. The van der Waals surface area contributed by atoms with Crippen molar-refractivity contribution in [1.29, 1.82) is 0 Å². The highest BCUT2D eigenvalue weighted by molar-refractivity contribution is 7.89. The van der Waals surface area contributed by atoms with E-state index in [0.29, 0.717) is 0 Å². The molecule has 5 nitrogen and oxygen atoms in total. The van der Waals surface area contributed by atoms with Crippen LogP contribution in [0.15, 0.2) is 29.2 Å². The Morgan fingerprint density at radius 2 is 1.62 bits per heavy atom. The molecule has 0 fully saturated rings. The van der Waals surface area contributed by atoms with Crippen LogP contribution in [0.3, 0.4) is 0 Å². The Morgan fingerprint density at radius 3 is 1.95 bits per heavy atom. The Hall–Kier alpha value is -1.40. The monoisotopic (exact) mass is 313 g/mol. The summed E-state index contributed by atoms with van der Waals surface area (Å²) in [6.45, 7) is 9.42. The van der Waals surface area contributed by atoms with Crippen molar-refractivity contribution in [2.75, 3.05) is 0 Å². The highest BCUT2D eigenvalue weighted by atomic mass is 32.2. The van der Waals surface area contributed by atoms with Gasteiger partial charge in [-0.05, 0) is 29.0 Å². The van der Waals surface area contributed by atoms with Gasteiger partial charge in [-0.1, -0.05) is 46.8 Å². The van der Waals surface area contributed by atoms with Crippen LogP contribution in [-0.4, -0.2) is 25.5 Å². The summed E-state index contributed by atoms with van der Waals surface area (Å²) in [6.07, 6.45) is 0. The number of aliphatic carboxylic acids is 1. The first-order valence-corrected chi connectivity index (χ1v) is 8.29. The molecule has 21 heavy (non-hydrogen) atoms. The summed E-state index contributed by atoms with van der Waals surface area (Å²) in [6, 6.07) is 5.36. The molecular formula is C15H23NO4S. The molecule has 1 aromatic carbocycles. The van der Waals surface area contributed by atoms with E-state index in [0.717, 1.165) is 5.56 Å². The number of carbonyl (C=O) groups is 1. The van der Waals surface area contributed by atoms with Gasteiger partial charge in [0.1, 0.15) is 6.04 Å². The van der Waals surface area contributed by atoms with E-state index in [4.69, 9.17) is 5.11 Å². The Kier molecular flexibility index (Phi) is 5.17. The average molecular weight is 313 g/mol. The zero-order valence-corrected chi connectivity index (χ0v) is 13.9. The SMILES string of the molecule is CC(C)[C@@H](NS(=O)(=O)c1ccc(C(C)(C)C)cc1)C(=O)O. The lowest BCUT2D eigenvalue weighted by atomic mass is 9.87. The molecule has 0 saturated heterocycles. The van der Waals surface area contributed by atoms with E-state index in [-0.39, 0.29) is 16.2 Å². The highest BCUT2D eigenvalue weighted by Crippen LogP contribution is 2.23. The van der Waals surface area contributed by atoms with Crippen LogP contribution in [0, 0.1) is 5.92 Å². The molecule has 0 aliphatic rings. The lowest BCUT2D eigenvalue weighted by molar-refractivity contribution is -0.140. The molecule has 118 valence electrons. The summed E-state index contributed by atoms with van der Waals surface area (Å²) in [5.74, 6) is -1.52. The first-order valence-electron chi connectivity index (χ1n) is 6.81. The number of nitrogens with one attached hydrogen (secondary N) is 1. The third kappa shape index (κ3) is 4.54. The van der Waals surface area contributed by atoms with E-state index in [9.17, 15) is 13.2 Å². The largest absolute Gasteiger partial charge is 0.480 e. The van der Waals surface area contributed by atoms with Gasteiger partial charge in [-0.3, -0.25) is 4.79 Å². The van der Waals surface area contributed by atoms with Crippen LogP contribution >= 0.6 is 0 Å². The molecule has 0 amide bonds. The van der Waals surface area contributed by atoms with Gasteiger partial charge in [-0.25, -0.2) is 8.42 Å². The first-order chi connectivity index (χ1) is 9.45. The topological polar surface area (TPSA) is 83.5 Å². The summed E-state index contributed by atoms with van der Waals surface area (Å²) >= 11 is 0. The van der Waals surface area contributed by atoms with Gasteiger partial charge in [-0.2, -0.15) is 4.72 Å². The third-order valence-corrected chi connectivity index (χ3v) is 4.70. The van der Waals surface area contributed by atoms with Crippen LogP contribution in [0.4, 0.5) is 0 Å². The van der Waals surface area contributed by atoms with E-state index in [1.54, 1.807) is 26.0 Å². The number of sulfonamides is 1. The summed E-state index contributed by atoms with van der Waals surface area (Å²) in [4.78, 5) is 11.2. The van der Waals surface area contributed by atoms with Gasteiger partial charge >= 0.3 is 5.97 Å². The molecule has 1 aromatic rings. The molecule has 0 unspecified atom stereocenters. The number of rotatable bonds is 5. The second kappa shape index (κ2) is 6.15. The lowest BCUT2D eigenvalue weighted by Crippen LogP contribution is -2.44. The smallest absolute Gasteiger partial charge is 0.322 e. The molecule has 0 aliphatic carbocycles. The molecule has 0 aliphatic heterocycles. The highest BCUT2D eigenvalue weighted by Gasteiger charge is 2.28. The minimum atomic E-state index is -3.84. The van der Waals surface area contributed by atoms with Crippen LogP contribution < -0.4 is 4.72 Å². The normalized spacial score (nSPS) is 14.2. The zero-order valence-electron chi connectivity index (χ0n) is 13.0. The second-order valence-electron chi connectivity index (χ2n) is 6.46. The number of carboxylic acids is 1. The van der Waals surface area contributed by atoms with Crippen LogP contribution in [0.1, 0.15) is 40.2 Å². The molecule has 1 rings (SSSR count). The van der Waals surface area contributed by atoms with Crippen molar-refractivity contribution in [3.63, 3.8) is 0 Å². The van der Waals surface area contributed by atoms with Crippen molar-refractivity contribution < 1.29 is 18.3 Å². The fourth-order valence-corrected chi connectivity index (χ4v) is 3.18. The molecule has 6 heteroatoms. The van der Waals surface area contributed by atoms with E-state index < -0.39 is 22.0 Å². The van der Waals surface area contributed by atoms with Crippen molar-refractivity contribution in [1.82, 2.24) is 4.72 Å². The van der Waals surface area contributed by atoms with Crippen molar-refractivity contribution in [3.05, 3.63) is 29.8 Å². The number of carboxylic acid groups (broad SMARTS) is 1. The van der Waals surface area contributed by atoms with Crippen molar-refractivity contribution in [3.8, 4) is 0 Å². The Morgan fingerprint density at radius 1 is 1.14 bits per heavy atom. The molecule has 0 saturated carbocycles. The molecule has 1 atom stereocenters. The predicted molar refractivity (Wildman–Crippen MR) is 81.7 cm³/mol. The second-order valence-corrected chi connectivity index (χ2v) is 8.17. The van der Waals surface area contributed by atoms with Crippen LogP contribution in [0.25, 0.3) is 0 Å². The van der Waals surface area contributed by atoms with Crippen molar-refractivity contribution >= 4 is 16.0 Å². The molecule has 0 aromatic heterocycles. The summed E-state index contributed by atoms with van der Waals surface area (Å²) in [5.41, 5.74) is 0.942. The van der Waals surface area contributed by atoms with Crippen LogP contribution in [-0.2, 0) is 20.2 Å². The third-order valence-electron chi connectivity index (χ3n) is 3.25. The maximum atomic E-state index is 12.2. The van der Waals surface area contributed by atoms with Crippen molar-refractivity contribution in [2.24, 2.45) is 5.92 Å². The summed E-state index contributed by atoms with van der Waals surface area (Å²) in [7, 11) is -3.84. The Balaban J connectivity index is 3.06. The summed E-state index contributed by atoms with van der Waals surface area (Å²) < 4.78 is 26.7. The standard InChI is InChI=1S/C15H23NO4S/c1-10(2)13(14(17)18)16-21(19,20)12-8-6-11(7-9-12)15(3,4)5/h6-10,13,16H,1-5H3,(H,17,18)/t13-/m1/s1. The van der Waals surface area contributed by atoms with E-state index in [1.807, 2.05) is 20.8 Å². The molecule has 0 bridgehead atoms. The summed E-state index contributed by atoms with van der Waals surface area (Å²) in [5, 5.41) is 9.08. The fourth-order valence-electron chi connectivity index (χ4n) is 1.84. The van der Waals surface area contributed by atoms with Gasteiger partial charge in [0.25, 0.3) is 0 Å². The van der Waals surface area contributed by atoms with Crippen LogP contribution in [0.5, 0.6) is 0 Å². The molecule has 0 radical (unpaired) electrons. The number of hydrogen-bond acceptors (Lipinski definition) is 3. The Bertz CT molecular complexity index is 598. The van der Waals surface area contributed by atoms with Gasteiger partial charge in [0, 0.05) is 0 Å². The Labute approximate surface area is 126 Å².